The van der Waals surface area contributed by atoms with E-state index in [0.717, 1.165) is 29.7 Å². The molecule has 0 bridgehead atoms. The van der Waals surface area contributed by atoms with Crippen molar-refractivity contribution < 1.29 is 82.1 Å². The van der Waals surface area contributed by atoms with Crippen molar-refractivity contribution in [3.63, 3.8) is 0 Å². The van der Waals surface area contributed by atoms with Crippen LogP contribution in [0, 0.1) is 11.8 Å². The molecule has 0 radical (unpaired) electrons. The number of carbonyl (C=O) groups is 15. The van der Waals surface area contributed by atoms with Gasteiger partial charge in [0.05, 0.1) is 37.7 Å². The SMILES string of the molecule is CC[C@H](C)[C@H](NC(=O)[C@@H](N)CCCN=C(N)N)C(=O)N[C@@H](CC(N)=O)C(=O)N[C@@H](CC(N)=O)C(=O)N[C@H](C(=O)N1C[C@@H](n2cc(C3=CCCCC3)nn2)C[C@H]1C(=O)N[C@@H](Cc1c[nH]c2ccccc12)C(=O)N[C@@H](CO)C(=O)N[C@@H](CCC(=O)O)C(=O)N[C@@H](C)C(=O)N[C@@H](CCSC)C(=O)N[C@@H](CCSC)C(N)=O)[C@@H](C)CC. The first-order valence-corrected chi connectivity index (χ1v) is 39.9. The van der Waals surface area contributed by atoms with E-state index in [4.69, 9.17) is 34.4 Å². The molecule has 1 aliphatic heterocycles. The molecule has 15 atom stereocenters. The Hall–Kier alpha value is -10.4. The molecule has 112 heavy (non-hydrogen) atoms. The van der Waals surface area contributed by atoms with E-state index in [9.17, 15) is 67.7 Å². The molecule has 3 heterocycles. The summed E-state index contributed by atoms with van der Waals surface area (Å²) in [5, 5.41) is 55.1. The van der Waals surface area contributed by atoms with Gasteiger partial charge in [0, 0.05) is 49.5 Å². The maximum absolute atomic E-state index is 15.6. The van der Waals surface area contributed by atoms with Crippen LogP contribution >= 0.6 is 23.5 Å². The predicted molar refractivity (Wildman–Crippen MR) is 416 cm³/mol. The quantitative estimate of drug-likeness (QED) is 0.0146. The Labute approximate surface area is 656 Å². The van der Waals surface area contributed by atoms with E-state index < -0.39 is 211 Å². The van der Waals surface area contributed by atoms with Crippen molar-refractivity contribution in [2.24, 2.45) is 51.2 Å². The van der Waals surface area contributed by atoms with Crippen LogP contribution in [0.1, 0.15) is 148 Å². The van der Waals surface area contributed by atoms with Gasteiger partial charge < -0.3 is 108 Å². The smallest absolute Gasteiger partial charge is 0.303 e. The molecule has 2 aliphatic rings. The van der Waals surface area contributed by atoms with Crippen LogP contribution in [0.25, 0.3) is 16.5 Å². The monoisotopic (exact) mass is 1610 g/mol. The summed E-state index contributed by atoms with van der Waals surface area (Å²) in [7, 11) is 0. The van der Waals surface area contributed by atoms with Crippen LogP contribution in [-0.4, -0.2) is 246 Å². The number of amides is 14. The molecule has 0 spiro atoms. The first kappa shape index (κ1) is 92.2. The van der Waals surface area contributed by atoms with Gasteiger partial charge in [-0.2, -0.15) is 23.5 Å². The van der Waals surface area contributed by atoms with E-state index in [1.165, 1.54) is 35.1 Å². The molecule has 5 rings (SSSR count). The second-order valence-electron chi connectivity index (χ2n) is 27.9. The van der Waals surface area contributed by atoms with E-state index >= 15 is 14.4 Å². The van der Waals surface area contributed by atoms with Crippen LogP contribution in [0.15, 0.2) is 47.7 Å². The molecule has 1 fully saturated rings. The number of guanidine groups is 1. The van der Waals surface area contributed by atoms with Crippen molar-refractivity contribution in [3.8, 4) is 0 Å². The lowest BCUT2D eigenvalue weighted by atomic mass is 9.96. The Morgan fingerprint density at radius 3 is 1.78 bits per heavy atom. The molecule has 1 saturated heterocycles. The van der Waals surface area contributed by atoms with Crippen LogP contribution in [0.3, 0.4) is 0 Å². The third-order valence-electron chi connectivity index (χ3n) is 19.4. The van der Waals surface area contributed by atoms with Crippen molar-refractivity contribution in [1.29, 1.82) is 0 Å². The van der Waals surface area contributed by atoms with E-state index in [2.05, 4.69) is 73.5 Å². The number of fused-ring (bicyclic) bond motifs is 1. The normalized spacial score (nSPS) is 17.5. The number of aromatic amines is 1. The average Bonchev–Trinajstić information content (AvgIpc) is 1.63. The Morgan fingerprint density at radius 2 is 1.18 bits per heavy atom. The lowest BCUT2D eigenvalue weighted by Gasteiger charge is -2.33. The lowest BCUT2D eigenvalue weighted by molar-refractivity contribution is -0.144. The Morgan fingerprint density at radius 1 is 0.634 bits per heavy atom. The number of aliphatic hydroxyl groups excluding tert-OH is 1. The Bertz CT molecular complexity index is 3870. The van der Waals surface area contributed by atoms with Gasteiger partial charge in [-0.05, 0) is 118 Å². The minimum Gasteiger partial charge on any atom is -0.481 e. The van der Waals surface area contributed by atoms with E-state index in [-0.39, 0.29) is 57.6 Å². The number of aliphatic imine (C=N–C) groups is 1. The second-order valence-corrected chi connectivity index (χ2v) is 29.9. The number of thioether (sulfide) groups is 2. The number of hydrogen-bond acceptors (Lipinski definition) is 22. The van der Waals surface area contributed by atoms with E-state index in [0.29, 0.717) is 52.9 Å². The molecule has 41 heteroatoms. The maximum Gasteiger partial charge on any atom is 0.303 e. The highest BCUT2D eigenvalue weighted by Crippen LogP contribution is 2.32. The first-order valence-electron chi connectivity index (χ1n) is 37.1. The van der Waals surface area contributed by atoms with Crippen molar-refractivity contribution in [3.05, 3.63) is 54.0 Å². The number of aliphatic carboxylic acids is 1. The number of primary amides is 3. The molecular weight excluding hydrogens is 1500 g/mol. The van der Waals surface area contributed by atoms with Crippen molar-refractivity contribution in [2.45, 2.75) is 216 Å². The third-order valence-corrected chi connectivity index (χ3v) is 20.7. The predicted octanol–water partition coefficient (Wildman–Crippen LogP) is -3.96. The van der Waals surface area contributed by atoms with Gasteiger partial charge in [-0.25, -0.2) is 4.68 Å². The average molecular weight is 1610 g/mol. The molecule has 39 nitrogen and oxygen atoms in total. The van der Waals surface area contributed by atoms with Gasteiger partial charge in [0.2, 0.25) is 82.7 Å². The summed E-state index contributed by atoms with van der Waals surface area (Å²) >= 11 is 2.78. The third kappa shape index (κ3) is 28.4. The molecule has 2 aromatic heterocycles. The van der Waals surface area contributed by atoms with E-state index in [1.54, 1.807) is 76.9 Å². The van der Waals surface area contributed by atoms with Crippen LogP contribution in [0.5, 0.6) is 0 Å². The lowest BCUT2D eigenvalue weighted by Crippen LogP contribution is -2.62. The van der Waals surface area contributed by atoms with Gasteiger partial charge in [0.15, 0.2) is 5.96 Å². The van der Waals surface area contributed by atoms with Gasteiger partial charge in [-0.1, -0.05) is 70.0 Å². The molecule has 14 amide bonds. The largest absolute Gasteiger partial charge is 0.481 e. The van der Waals surface area contributed by atoms with Crippen LogP contribution in [0.2, 0.25) is 0 Å². The van der Waals surface area contributed by atoms with Gasteiger partial charge in [0.25, 0.3) is 0 Å². The number of likely N-dealkylation sites (tertiary alicyclic amines) is 1. The zero-order chi connectivity index (χ0) is 83.1. The highest BCUT2D eigenvalue weighted by molar-refractivity contribution is 7.98. The Kier molecular flexibility index (Phi) is 37.7. The summed E-state index contributed by atoms with van der Waals surface area (Å²) in [5.41, 5.74) is 36.3. The molecule has 1 aliphatic carbocycles. The maximum atomic E-state index is 15.6. The number of hydrogen-bond donors (Lipinski definition) is 19. The molecule has 618 valence electrons. The van der Waals surface area contributed by atoms with Crippen LogP contribution in [0.4, 0.5) is 0 Å². The van der Waals surface area contributed by atoms with Crippen LogP contribution < -0.4 is 87.6 Å². The molecule has 3 aromatic rings. The van der Waals surface area contributed by atoms with Crippen molar-refractivity contribution in [1.82, 2.24) is 78.0 Å². The number of H-pyrrole nitrogens is 1. The van der Waals surface area contributed by atoms with Gasteiger partial charge in [0.1, 0.15) is 72.2 Å². The summed E-state index contributed by atoms with van der Waals surface area (Å²) < 4.78 is 1.49. The number of aromatic nitrogens is 4. The summed E-state index contributed by atoms with van der Waals surface area (Å²) in [4.78, 5) is 216. The fourth-order valence-corrected chi connectivity index (χ4v) is 13.4. The van der Waals surface area contributed by atoms with Gasteiger partial charge in [-0.3, -0.25) is 76.9 Å². The number of nitrogens with two attached hydrogens (primary N) is 6. The topological polar surface area (TPSA) is 635 Å². The first-order chi connectivity index (χ1) is 53.1. The molecule has 1 aromatic carbocycles. The molecule has 0 unspecified atom stereocenters. The number of para-hydroxylation sites is 1. The van der Waals surface area contributed by atoms with E-state index in [1.807, 2.05) is 6.08 Å². The number of carboxylic acids is 1. The fourth-order valence-electron chi connectivity index (χ4n) is 12.5. The number of rotatable bonds is 48. The highest BCUT2D eigenvalue weighted by atomic mass is 32.2. The highest BCUT2D eigenvalue weighted by Gasteiger charge is 2.46. The van der Waals surface area contributed by atoms with Crippen molar-refractivity contribution >= 4 is 135 Å². The minimum atomic E-state index is -1.93. The molecular formula is C71H110N22O17S2. The van der Waals surface area contributed by atoms with Gasteiger partial charge >= 0.3 is 5.97 Å². The summed E-state index contributed by atoms with van der Waals surface area (Å²) in [5.74, 6) is -16.0. The minimum absolute atomic E-state index is 0.0928. The zero-order valence-corrected chi connectivity index (χ0v) is 65.7. The number of carboxylic acid groups (broad SMARTS) is 1. The number of carbonyl (C=O) groups excluding carboxylic acids is 14. The zero-order valence-electron chi connectivity index (χ0n) is 64.1. The number of nitrogens with zero attached hydrogens (tertiary/aromatic N) is 5. The van der Waals surface area contributed by atoms with Crippen molar-refractivity contribution in [2.75, 3.05) is 43.7 Å². The van der Waals surface area contributed by atoms with Crippen LogP contribution in [-0.2, 0) is 78.3 Å². The number of allylic oxidation sites excluding steroid dienone is 2. The summed E-state index contributed by atoms with van der Waals surface area (Å²) in [6.07, 6.45) is 9.83. The Balaban J connectivity index is 1.46. The summed E-state index contributed by atoms with van der Waals surface area (Å²) in [6, 6.07) is -12.2. The van der Waals surface area contributed by atoms with Gasteiger partial charge in [-0.15, -0.1) is 5.10 Å². The fraction of sp³-hybridized carbons (Fsp3) is 0.606. The number of benzene rings is 1. The number of nitrogens with one attached hydrogen (secondary N) is 11. The standard InChI is InChI=1S/C71H110N22O17S2/c1-8-36(3)57(88-61(101)43(72)19-15-25-78-71(76)77)69(109)86-49(30-54(73)95)65(105)84-50(31-55(74)96)66(106)89-58(37(4)9-2)70(110)92-33-41(93-34-51(90-91-93)39-16-11-10-12-17-39)29-53(92)68(108)85-48(28-40-32-79-44-20-14-13-18-42(40)44)64(104)87-52(35-94)67(107)83-46(21-22-56(97)98)62(102)80-38(5)60(100)82-47(24-27-112-7)63(103)81-45(59(75)99)23-26-111-6/h13-14,16,18,20,32,34,36-38,41,43,45-50,52-53,57-58,79,94H,8-12,15,17,19,21-31,33,35,72H2,1-7H3,(H2,73,95)(H2,74,96)(H2,75,99)(H,80,102)(H,81,103)(H,82,100)(H,83,107)(H,84,105)(H,85,108)(H,86,109)(H,87,104)(H,88,101)(H,89,106)(H,97,98)(H4,76,77,78)/t36-,37-,38-,41-,43-,45-,46-,47-,48-,49-,50-,52-,53-,57-,58-/m0/s1. The second kappa shape index (κ2) is 45.8. The molecule has 0 saturated carbocycles. The number of aliphatic hydroxyl groups is 1. The summed E-state index contributed by atoms with van der Waals surface area (Å²) in [6.45, 7) is 6.64. The molecule has 25 N–H and O–H groups in total.